The molecule has 0 unspecified atom stereocenters. The Hall–Kier alpha value is -0.540. The van der Waals surface area contributed by atoms with E-state index in [1.165, 1.54) is 0 Å². The van der Waals surface area contributed by atoms with Crippen molar-refractivity contribution >= 4 is 0 Å². The molecule has 0 aromatic carbocycles. The van der Waals surface area contributed by atoms with Crippen LogP contribution in [-0.4, -0.2) is 42.4 Å². The molecular weight excluding hydrogens is 178 g/mol. The normalized spacial score (nSPS) is 23.4. The number of hydrogen-bond acceptors (Lipinski definition) is 3. The highest BCUT2D eigenvalue weighted by molar-refractivity contribution is 4.74. The molecule has 0 amide bonds. The number of likely N-dealkylation sites (tertiary alicyclic amines) is 1. The van der Waals surface area contributed by atoms with Crippen molar-refractivity contribution in [1.29, 1.82) is 0 Å². The third-order valence-corrected chi connectivity index (χ3v) is 2.45. The lowest BCUT2D eigenvalue weighted by Gasteiger charge is -2.29. The number of aliphatic hydroxyl groups excluding tert-OH is 1. The SMILES string of the molecule is C=C(C)OCCCN1CCC[C@H](O)C1. The summed E-state index contributed by atoms with van der Waals surface area (Å²) >= 11 is 0. The summed E-state index contributed by atoms with van der Waals surface area (Å²) < 4.78 is 5.28. The summed E-state index contributed by atoms with van der Waals surface area (Å²) in [6.45, 7) is 9.24. The van der Waals surface area contributed by atoms with Crippen LogP contribution in [0.15, 0.2) is 12.3 Å². The Balaban J connectivity index is 2.03. The maximum Gasteiger partial charge on any atom is 0.0889 e. The first-order chi connectivity index (χ1) is 6.68. The highest BCUT2D eigenvalue weighted by atomic mass is 16.5. The number of allylic oxidation sites excluding steroid dienone is 1. The van der Waals surface area contributed by atoms with E-state index < -0.39 is 0 Å². The van der Waals surface area contributed by atoms with E-state index in [4.69, 9.17) is 4.74 Å². The fraction of sp³-hybridized carbons (Fsp3) is 0.818. The summed E-state index contributed by atoms with van der Waals surface area (Å²) in [7, 11) is 0. The van der Waals surface area contributed by atoms with Gasteiger partial charge in [-0.3, -0.25) is 0 Å². The topological polar surface area (TPSA) is 32.7 Å². The third-order valence-electron chi connectivity index (χ3n) is 2.45. The van der Waals surface area contributed by atoms with Crippen LogP contribution in [0.1, 0.15) is 26.2 Å². The zero-order chi connectivity index (χ0) is 10.4. The molecular formula is C11H21NO2. The summed E-state index contributed by atoms with van der Waals surface area (Å²) in [4.78, 5) is 2.30. The zero-order valence-electron chi connectivity index (χ0n) is 9.04. The van der Waals surface area contributed by atoms with Gasteiger partial charge < -0.3 is 14.7 Å². The lowest BCUT2D eigenvalue weighted by atomic mass is 10.1. The second-order valence-electron chi connectivity index (χ2n) is 4.00. The molecule has 82 valence electrons. The smallest absolute Gasteiger partial charge is 0.0889 e. The fourth-order valence-corrected chi connectivity index (χ4v) is 1.77. The maximum absolute atomic E-state index is 9.44. The molecule has 0 aliphatic carbocycles. The molecule has 0 radical (unpaired) electrons. The van der Waals surface area contributed by atoms with E-state index >= 15 is 0 Å². The molecule has 0 aromatic heterocycles. The highest BCUT2D eigenvalue weighted by Crippen LogP contribution is 2.09. The molecule has 1 aliphatic heterocycles. The van der Waals surface area contributed by atoms with Gasteiger partial charge in [-0.1, -0.05) is 6.58 Å². The van der Waals surface area contributed by atoms with Gasteiger partial charge in [0.2, 0.25) is 0 Å². The lowest BCUT2D eigenvalue weighted by Crippen LogP contribution is -2.38. The van der Waals surface area contributed by atoms with Gasteiger partial charge in [0.1, 0.15) is 0 Å². The number of ether oxygens (including phenoxy) is 1. The van der Waals surface area contributed by atoms with Crippen LogP contribution in [0.25, 0.3) is 0 Å². The van der Waals surface area contributed by atoms with E-state index in [0.29, 0.717) is 0 Å². The minimum Gasteiger partial charge on any atom is -0.499 e. The Kier molecular flexibility index (Phi) is 4.98. The Morgan fingerprint density at radius 3 is 3.07 bits per heavy atom. The number of hydrogen-bond donors (Lipinski definition) is 1. The second kappa shape index (κ2) is 6.04. The lowest BCUT2D eigenvalue weighted by molar-refractivity contribution is 0.0657. The Morgan fingerprint density at radius 2 is 2.43 bits per heavy atom. The molecule has 0 aromatic rings. The predicted molar refractivity (Wildman–Crippen MR) is 57.1 cm³/mol. The van der Waals surface area contributed by atoms with Gasteiger partial charge in [0.05, 0.1) is 18.5 Å². The summed E-state index contributed by atoms with van der Waals surface area (Å²) in [6, 6.07) is 0. The van der Waals surface area contributed by atoms with Crippen LogP contribution in [0.2, 0.25) is 0 Å². The highest BCUT2D eigenvalue weighted by Gasteiger charge is 2.16. The number of aliphatic hydroxyl groups is 1. The average molecular weight is 199 g/mol. The molecule has 1 atom stereocenters. The van der Waals surface area contributed by atoms with Gasteiger partial charge in [-0.05, 0) is 32.7 Å². The van der Waals surface area contributed by atoms with Gasteiger partial charge in [0.25, 0.3) is 0 Å². The largest absolute Gasteiger partial charge is 0.499 e. The Morgan fingerprint density at radius 1 is 1.64 bits per heavy atom. The third kappa shape index (κ3) is 4.63. The van der Waals surface area contributed by atoms with Crippen molar-refractivity contribution in [2.75, 3.05) is 26.2 Å². The molecule has 1 rings (SSSR count). The van der Waals surface area contributed by atoms with Crippen molar-refractivity contribution in [2.24, 2.45) is 0 Å². The first-order valence-corrected chi connectivity index (χ1v) is 5.37. The number of nitrogens with zero attached hydrogens (tertiary/aromatic N) is 1. The molecule has 3 nitrogen and oxygen atoms in total. The first-order valence-electron chi connectivity index (χ1n) is 5.37. The zero-order valence-corrected chi connectivity index (χ0v) is 9.04. The van der Waals surface area contributed by atoms with E-state index in [0.717, 1.165) is 51.3 Å². The summed E-state index contributed by atoms with van der Waals surface area (Å²) in [5.74, 6) is 0.781. The van der Waals surface area contributed by atoms with Crippen molar-refractivity contribution in [1.82, 2.24) is 4.90 Å². The number of rotatable bonds is 5. The summed E-state index contributed by atoms with van der Waals surface area (Å²) in [5, 5.41) is 9.44. The molecule has 14 heavy (non-hydrogen) atoms. The van der Waals surface area contributed by atoms with Crippen LogP contribution in [0, 0.1) is 0 Å². The van der Waals surface area contributed by atoms with Crippen LogP contribution < -0.4 is 0 Å². The van der Waals surface area contributed by atoms with Crippen molar-refractivity contribution in [2.45, 2.75) is 32.3 Å². The molecule has 0 spiro atoms. The van der Waals surface area contributed by atoms with Crippen LogP contribution in [0.5, 0.6) is 0 Å². The van der Waals surface area contributed by atoms with Gasteiger partial charge in [0, 0.05) is 13.1 Å². The fourth-order valence-electron chi connectivity index (χ4n) is 1.77. The standard InChI is InChI=1S/C11H21NO2/c1-10(2)14-8-4-7-12-6-3-5-11(13)9-12/h11,13H,1,3-9H2,2H3/t11-/m0/s1. The molecule has 1 aliphatic rings. The summed E-state index contributed by atoms with van der Waals surface area (Å²) in [5.41, 5.74) is 0. The molecule has 1 N–H and O–H groups in total. The van der Waals surface area contributed by atoms with Gasteiger partial charge >= 0.3 is 0 Å². The van der Waals surface area contributed by atoms with Gasteiger partial charge in [-0.25, -0.2) is 0 Å². The molecule has 3 heteroatoms. The van der Waals surface area contributed by atoms with Crippen LogP contribution in [0.3, 0.4) is 0 Å². The minimum atomic E-state index is -0.120. The van der Waals surface area contributed by atoms with Crippen LogP contribution in [-0.2, 0) is 4.74 Å². The van der Waals surface area contributed by atoms with E-state index in [-0.39, 0.29) is 6.10 Å². The molecule has 1 fully saturated rings. The molecule has 1 saturated heterocycles. The van der Waals surface area contributed by atoms with E-state index in [9.17, 15) is 5.11 Å². The average Bonchev–Trinajstić information content (AvgIpc) is 2.12. The number of β-amino-alcohol motifs (C(OH)–C–C–N with tert-alkyl or cyclic N) is 1. The van der Waals surface area contributed by atoms with E-state index in [1.54, 1.807) is 0 Å². The number of piperidine rings is 1. The minimum absolute atomic E-state index is 0.120. The monoisotopic (exact) mass is 199 g/mol. The molecule has 0 saturated carbocycles. The Labute approximate surface area is 86.4 Å². The van der Waals surface area contributed by atoms with Crippen molar-refractivity contribution in [3.05, 3.63) is 12.3 Å². The second-order valence-corrected chi connectivity index (χ2v) is 4.00. The van der Waals surface area contributed by atoms with Crippen molar-refractivity contribution < 1.29 is 9.84 Å². The quantitative estimate of drug-likeness (QED) is 0.536. The van der Waals surface area contributed by atoms with Crippen molar-refractivity contribution in [3.8, 4) is 0 Å². The van der Waals surface area contributed by atoms with Crippen LogP contribution in [0.4, 0.5) is 0 Å². The maximum atomic E-state index is 9.44. The summed E-state index contributed by atoms with van der Waals surface area (Å²) in [6.07, 6.45) is 2.96. The Bertz CT molecular complexity index is 182. The van der Waals surface area contributed by atoms with Gasteiger partial charge in [0.15, 0.2) is 0 Å². The molecule has 1 heterocycles. The van der Waals surface area contributed by atoms with Crippen LogP contribution >= 0.6 is 0 Å². The van der Waals surface area contributed by atoms with Gasteiger partial charge in [-0.2, -0.15) is 0 Å². The van der Waals surface area contributed by atoms with Crippen molar-refractivity contribution in [3.63, 3.8) is 0 Å². The van der Waals surface area contributed by atoms with E-state index in [1.807, 2.05) is 6.92 Å². The molecule has 0 bridgehead atoms. The van der Waals surface area contributed by atoms with Gasteiger partial charge in [-0.15, -0.1) is 0 Å². The van der Waals surface area contributed by atoms with E-state index in [2.05, 4.69) is 11.5 Å². The predicted octanol–water partition coefficient (Wildman–Crippen LogP) is 1.38. The first kappa shape index (κ1) is 11.5.